The third kappa shape index (κ3) is 4.35. The lowest BCUT2D eigenvalue weighted by molar-refractivity contribution is 0.0746. The Hall–Kier alpha value is -2.69. The van der Waals surface area contributed by atoms with Gasteiger partial charge >= 0.3 is 0 Å². The standard InChI is InChI=1S/C22H28N2O3/c1-16(2)17-5-7-19(8-6-17)23-9-11-24(12-10-23)22(25)18-13-20(26-3)15-21(14-18)27-4/h5-8,13-16H,9-12H2,1-4H3. The van der Waals surface area contributed by atoms with Crippen LogP contribution in [-0.4, -0.2) is 51.2 Å². The number of amides is 1. The molecule has 0 radical (unpaired) electrons. The number of methoxy groups -OCH3 is 2. The maximum Gasteiger partial charge on any atom is 0.254 e. The summed E-state index contributed by atoms with van der Waals surface area (Å²) in [6.07, 6.45) is 0. The number of carbonyl (C=O) groups excluding carboxylic acids is 1. The van der Waals surface area contributed by atoms with Crippen LogP contribution in [0.4, 0.5) is 5.69 Å². The summed E-state index contributed by atoms with van der Waals surface area (Å²) >= 11 is 0. The molecule has 0 atom stereocenters. The van der Waals surface area contributed by atoms with Crippen molar-refractivity contribution in [3.05, 3.63) is 53.6 Å². The number of nitrogens with zero attached hydrogens (tertiary/aromatic N) is 2. The maximum absolute atomic E-state index is 12.9. The lowest BCUT2D eigenvalue weighted by atomic mass is 10.0. The number of benzene rings is 2. The summed E-state index contributed by atoms with van der Waals surface area (Å²) < 4.78 is 10.6. The Morgan fingerprint density at radius 2 is 1.44 bits per heavy atom. The van der Waals surface area contributed by atoms with Crippen LogP contribution in [-0.2, 0) is 0 Å². The number of hydrogen-bond acceptors (Lipinski definition) is 4. The van der Waals surface area contributed by atoms with E-state index in [-0.39, 0.29) is 5.91 Å². The summed E-state index contributed by atoms with van der Waals surface area (Å²) in [6, 6.07) is 14.1. The van der Waals surface area contributed by atoms with Crippen molar-refractivity contribution >= 4 is 11.6 Å². The average molecular weight is 368 g/mol. The molecule has 27 heavy (non-hydrogen) atoms. The Bertz CT molecular complexity index is 756. The Morgan fingerprint density at radius 1 is 0.889 bits per heavy atom. The molecular formula is C22H28N2O3. The van der Waals surface area contributed by atoms with E-state index in [1.54, 1.807) is 32.4 Å². The minimum Gasteiger partial charge on any atom is -0.497 e. The molecule has 144 valence electrons. The van der Waals surface area contributed by atoms with Crippen molar-refractivity contribution in [3.63, 3.8) is 0 Å². The fourth-order valence-electron chi connectivity index (χ4n) is 3.35. The van der Waals surface area contributed by atoms with Gasteiger partial charge in [-0.1, -0.05) is 26.0 Å². The highest BCUT2D eigenvalue weighted by Crippen LogP contribution is 2.25. The second-order valence-electron chi connectivity index (χ2n) is 7.13. The van der Waals surface area contributed by atoms with E-state index in [1.807, 2.05) is 4.90 Å². The fourth-order valence-corrected chi connectivity index (χ4v) is 3.35. The number of anilines is 1. The highest BCUT2D eigenvalue weighted by Gasteiger charge is 2.23. The lowest BCUT2D eigenvalue weighted by Crippen LogP contribution is -2.48. The molecule has 2 aromatic carbocycles. The van der Waals surface area contributed by atoms with E-state index in [0.29, 0.717) is 36.1 Å². The molecule has 0 bridgehead atoms. The van der Waals surface area contributed by atoms with Crippen molar-refractivity contribution in [2.45, 2.75) is 19.8 Å². The van der Waals surface area contributed by atoms with Crippen molar-refractivity contribution < 1.29 is 14.3 Å². The van der Waals surface area contributed by atoms with Gasteiger partial charge in [0, 0.05) is 43.5 Å². The number of rotatable bonds is 5. The Kier molecular flexibility index (Phi) is 5.89. The molecule has 5 heteroatoms. The van der Waals surface area contributed by atoms with Crippen LogP contribution in [0, 0.1) is 0 Å². The molecule has 0 N–H and O–H groups in total. The van der Waals surface area contributed by atoms with Gasteiger partial charge in [0.25, 0.3) is 5.91 Å². The van der Waals surface area contributed by atoms with Gasteiger partial charge in [-0.05, 0) is 35.7 Å². The molecule has 1 fully saturated rings. The van der Waals surface area contributed by atoms with Crippen LogP contribution in [0.1, 0.15) is 35.7 Å². The Balaban J connectivity index is 1.65. The van der Waals surface area contributed by atoms with E-state index < -0.39 is 0 Å². The molecule has 0 saturated carbocycles. The third-order valence-electron chi connectivity index (χ3n) is 5.09. The number of hydrogen-bond donors (Lipinski definition) is 0. The van der Waals surface area contributed by atoms with Gasteiger partial charge in [0.1, 0.15) is 11.5 Å². The van der Waals surface area contributed by atoms with Crippen LogP contribution in [0.15, 0.2) is 42.5 Å². The van der Waals surface area contributed by atoms with Crippen LogP contribution >= 0.6 is 0 Å². The van der Waals surface area contributed by atoms with Crippen LogP contribution in [0.3, 0.4) is 0 Å². The second kappa shape index (κ2) is 8.33. The first-order chi connectivity index (χ1) is 13.0. The van der Waals surface area contributed by atoms with Gasteiger partial charge in [0.15, 0.2) is 0 Å². The highest BCUT2D eigenvalue weighted by atomic mass is 16.5. The SMILES string of the molecule is COc1cc(OC)cc(C(=O)N2CCN(c3ccc(C(C)C)cc3)CC2)c1. The number of ether oxygens (including phenoxy) is 2. The van der Waals surface area contributed by atoms with Gasteiger partial charge in [-0.25, -0.2) is 0 Å². The highest BCUT2D eigenvalue weighted by molar-refractivity contribution is 5.95. The lowest BCUT2D eigenvalue weighted by Gasteiger charge is -2.36. The van der Waals surface area contributed by atoms with E-state index in [9.17, 15) is 4.79 Å². The van der Waals surface area contributed by atoms with Crippen molar-refractivity contribution in [1.29, 1.82) is 0 Å². The van der Waals surface area contributed by atoms with Gasteiger partial charge in [-0.3, -0.25) is 4.79 Å². The van der Waals surface area contributed by atoms with Gasteiger partial charge in [0.05, 0.1) is 14.2 Å². The molecule has 1 saturated heterocycles. The van der Waals surface area contributed by atoms with Crippen molar-refractivity contribution in [1.82, 2.24) is 4.90 Å². The second-order valence-corrected chi connectivity index (χ2v) is 7.13. The van der Waals surface area contributed by atoms with E-state index >= 15 is 0 Å². The molecule has 5 nitrogen and oxygen atoms in total. The van der Waals surface area contributed by atoms with Gasteiger partial charge in [-0.15, -0.1) is 0 Å². The van der Waals surface area contributed by atoms with E-state index in [1.165, 1.54) is 11.3 Å². The zero-order valence-corrected chi connectivity index (χ0v) is 16.6. The third-order valence-corrected chi connectivity index (χ3v) is 5.09. The molecule has 1 amide bonds. The van der Waals surface area contributed by atoms with Crippen LogP contribution < -0.4 is 14.4 Å². The minimum atomic E-state index is 0.0157. The predicted molar refractivity (Wildman–Crippen MR) is 108 cm³/mol. The minimum absolute atomic E-state index is 0.0157. The molecule has 0 unspecified atom stereocenters. The Labute approximate surface area is 161 Å². The molecule has 2 aromatic rings. The zero-order valence-electron chi connectivity index (χ0n) is 16.6. The first-order valence-electron chi connectivity index (χ1n) is 9.39. The van der Waals surface area contributed by atoms with Crippen LogP contribution in [0.25, 0.3) is 0 Å². The maximum atomic E-state index is 12.9. The number of piperazine rings is 1. The number of carbonyl (C=O) groups is 1. The average Bonchev–Trinajstić information content (AvgIpc) is 2.73. The largest absolute Gasteiger partial charge is 0.497 e. The van der Waals surface area contributed by atoms with Crippen molar-refractivity contribution in [2.75, 3.05) is 45.3 Å². The van der Waals surface area contributed by atoms with Crippen LogP contribution in [0.5, 0.6) is 11.5 Å². The molecule has 0 spiro atoms. The normalized spacial score (nSPS) is 14.4. The van der Waals surface area contributed by atoms with E-state index in [2.05, 4.69) is 43.0 Å². The zero-order chi connectivity index (χ0) is 19.4. The summed E-state index contributed by atoms with van der Waals surface area (Å²) in [5.74, 6) is 1.80. The van der Waals surface area contributed by atoms with E-state index in [4.69, 9.17) is 9.47 Å². The molecule has 1 heterocycles. The quantitative estimate of drug-likeness (QED) is 0.805. The topological polar surface area (TPSA) is 42.0 Å². The summed E-state index contributed by atoms with van der Waals surface area (Å²) in [6.45, 7) is 7.45. The Morgan fingerprint density at radius 3 is 1.93 bits per heavy atom. The van der Waals surface area contributed by atoms with Crippen molar-refractivity contribution in [2.24, 2.45) is 0 Å². The molecule has 1 aliphatic heterocycles. The summed E-state index contributed by atoms with van der Waals surface area (Å²) in [5.41, 5.74) is 3.16. The molecular weight excluding hydrogens is 340 g/mol. The van der Waals surface area contributed by atoms with Crippen molar-refractivity contribution in [3.8, 4) is 11.5 Å². The van der Waals surface area contributed by atoms with Gasteiger partial charge in [-0.2, -0.15) is 0 Å². The first kappa shape index (κ1) is 19.1. The summed E-state index contributed by atoms with van der Waals surface area (Å²) in [5, 5.41) is 0. The molecule has 1 aliphatic rings. The molecule has 0 aromatic heterocycles. The molecule has 0 aliphatic carbocycles. The fraction of sp³-hybridized carbons (Fsp3) is 0.409. The monoisotopic (exact) mass is 368 g/mol. The summed E-state index contributed by atoms with van der Waals surface area (Å²) in [7, 11) is 3.18. The summed E-state index contributed by atoms with van der Waals surface area (Å²) in [4.78, 5) is 17.1. The molecule has 3 rings (SSSR count). The van der Waals surface area contributed by atoms with E-state index in [0.717, 1.165) is 13.1 Å². The van der Waals surface area contributed by atoms with Gasteiger partial charge < -0.3 is 19.3 Å². The predicted octanol–water partition coefficient (Wildman–Crippen LogP) is 3.79. The first-order valence-corrected chi connectivity index (χ1v) is 9.39. The van der Waals surface area contributed by atoms with Crippen LogP contribution in [0.2, 0.25) is 0 Å². The smallest absolute Gasteiger partial charge is 0.254 e. The van der Waals surface area contributed by atoms with Gasteiger partial charge in [0.2, 0.25) is 0 Å².